The number of benzene rings is 2. The Labute approximate surface area is 246 Å². The van der Waals surface area contributed by atoms with Crippen LogP contribution in [0.25, 0.3) is 32.2 Å². The number of hydrogen-bond donors (Lipinski definition) is 2. The van der Waals surface area contributed by atoms with Crippen LogP contribution in [-0.4, -0.2) is 58.4 Å². The first-order valence-corrected chi connectivity index (χ1v) is 15.2. The molecule has 0 aliphatic carbocycles. The number of nitrogen functional groups attached to an aromatic ring is 1. The molecule has 4 saturated heterocycles. The van der Waals surface area contributed by atoms with E-state index in [1.54, 1.807) is 0 Å². The van der Waals surface area contributed by atoms with E-state index in [0.29, 0.717) is 13.1 Å². The summed E-state index contributed by atoms with van der Waals surface area (Å²) in [6.45, 7) is 1.16. The number of aromatic nitrogens is 3. The van der Waals surface area contributed by atoms with Gasteiger partial charge >= 0.3 is 12.2 Å². The van der Waals surface area contributed by atoms with Crippen molar-refractivity contribution < 1.29 is 31.4 Å². The molecule has 2 aromatic heterocycles. The summed E-state index contributed by atoms with van der Waals surface area (Å²) in [6.07, 6.45) is 0.607. The first kappa shape index (κ1) is 27.2. The highest BCUT2D eigenvalue weighted by molar-refractivity contribution is 7.22. The molecule has 0 spiro atoms. The van der Waals surface area contributed by atoms with E-state index in [1.807, 2.05) is 4.90 Å². The van der Waals surface area contributed by atoms with Crippen LogP contribution in [0, 0.1) is 11.6 Å². The van der Waals surface area contributed by atoms with Crippen molar-refractivity contribution in [2.75, 3.05) is 30.3 Å². The Balaban J connectivity index is 1.33. The van der Waals surface area contributed by atoms with Crippen molar-refractivity contribution in [3.63, 3.8) is 0 Å². The van der Waals surface area contributed by atoms with Crippen LogP contribution in [0.1, 0.15) is 44.1 Å². The van der Waals surface area contributed by atoms with Gasteiger partial charge in [-0.15, -0.1) is 0 Å². The van der Waals surface area contributed by atoms with Crippen LogP contribution in [-0.2, 0) is 10.9 Å². The number of alkyl halides is 3. The summed E-state index contributed by atoms with van der Waals surface area (Å²) in [5.41, 5.74) is 2.62. The van der Waals surface area contributed by atoms with Gasteiger partial charge in [0.25, 0.3) is 0 Å². The molecule has 226 valence electrons. The monoisotopic (exact) mass is 618 g/mol. The van der Waals surface area contributed by atoms with Crippen molar-refractivity contribution in [3.05, 3.63) is 35.4 Å². The molecule has 4 aliphatic heterocycles. The molecular formula is C29H27F5N6O2S. The number of nitrogens with two attached hydrogens (primary N) is 1. The zero-order valence-electron chi connectivity index (χ0n) is 22.8. The van der Waals surface area contributed by atoms with Crippen molar-refractivity contribution in [3.8, 4) is 17.1 Å². The molecule has 43 heavy (non-hydrogen) atoms. The topological polar surface area (TPSA) is 98.4 Å². The third kappa shape index (κ3) is 4.48. The minimum Gasteiger partial charge on any atom is -0.460 e. The number of fused-ring (bicyclic) bond motifs is 6. The van der Waals surface area contributed by atoms with E-state index >= 15 is 4.39 Å². The lowest BCUT2D eigenvalue weighted by Gasteiger charge is -2.34. The predicted octanol–water partition coefficient (Wildman–Crippen LogP) is 5.82. The maximum atomic E-state index is 16.7. The van der Waals surface area contributed by atoms with Crippen LogP contribution in [0.5, 0.6) is 6.01 Å². The highest BCUT2D eigenvalue weighted by Crippen LogP contribution is 2.47. The van der Waals surface area contributed by atoms with Gasteiger partial charge in [0.15, 0.2) is 10.9 Å². The highest BCUT2D eigenvalue weighted by atomic mass is 32.1. The first-order chi connectivity index (χ1) is 20.6. The van der Waals surface area contributed by atoms with Crippen molar-refractivity contribution in [1.82, 2.24) is 20.3 Å². The van der Waals surface area contributed by atoms with Gasteiger partial charge in [-0.2, -0.15) is 23.1 Å². The van der Waals surface area contributed by atoms with E-state index in [0.717, 1.165) is 68.1 Å². The molecular weight excluding hydrogens is 591 g/mol. The van der Waals surface area contributed by atoms with Crippen molar-refractivity contribution in [1.29, 1.82) is 0 Å². The number of piperazine rings is 1. The number of thiazole rings is 1. The van der Waals surface area contributed by atoms with Crippen molar-refractivity contribution >= 4 is 43.4 Å². The Morgan fingerprint density at radius 1 is 1.05 bits per heavy atom. The van der Waals surface area contributed by atoms with Gasteiger partial charge in [-0.3, -0.25) is 0 Å². The van der Waals surface area contributed by atoms with Gasteiger partial charge in [0.2, 0.25) is 0 Å². The van der Waals surface area contributed by atoms with Crippen molar-refractivity contribution in [2.24, 2.45) is 0 Å². The zero-order chi connectivity index (χ0) is 29.7. The van der Waals surface area contributed by atoms with Crippen LogP contribution in [0.4, 0.5) is 32.9 Å². The summed E-state index contributed by atoms with van der Waals surface area (Å²) in [5.74, 6) is -1.74. The third-order valence-electron chi connectivity index (χ3n) is 9.22. The largest absolute Gasteiger partial charge is 0.460 e. The minimum atomic E-state index is -4.96. The Bertz CT molecular complexity index is 1760. The smallest absolute Gasteiger partial charge is 0.417 e. The molecule has 4 bridgehead atoms. The Hall–Kier alpha value is -3.36. The normalized spacial score (nSPS) is 26.7. The van der Waals surface area contributed by atoms with E-state index in [1.165, 1.54) is 0 Å². The van der Waals surface area contributed by atoms with Gasteiger partial charge < -0.3 is 25.4 Å². The average Bonchev–Trinajstić information content (AvgIpc) is 3.75. The van der Waals surface area contributed by atoms with Crippen molar-refractivity contribution in [2.45, 2.75) is 68.5 Å². The number of nitrogens with one attached hydrogen (secondary N) is 1. The number of anilines is 2. The van der Waals surface area contributed by atoms with E-state index in [-0.39, 0.29) is 68.4 Å². The Morgan fingerprint density at radius 2 is 1.79 bits per heavy atom. The number of ether oxygens (including phenoxy) is 2. The summed E-state index contributed by atoms with van der Waals surface area (Å²) >= 11 is 0.782. The Kier molecular flexibility index (Phi) is 6.05. The summed E-state index contributed by atoms with van der Waals surface area (Å²) in [7, 11) is 0. The average molecular weight is 619 g/mol. The molecule has 8 nitrogen and oxygen atoms in total. The summed E-state index contributed by atoms with van der Waals surface area (Å²) < 4.78 is 87.5. The van der Waals surface area contributed by atoms with E-state index in [4.69, 9.17) is 15.2 Å². The molecule has 4 aromatic rings. The molecule has 0 radical (unpaired) electrons. The lowest BCUT2D eigenvalue weighted by atomic mass is 9.89. The van der Waals surface area contributed by atoms with Crippen LogP contribution < -0.4 is 20.7 Å². The van der Waals surface area contributed by atoms with E-state index in [9.17, 15) is 17.6 Å². The second kappa shape index (κ2) is 9.57. The third-order valence-corrected chi connectivity index (χ3v) is 10.1. The quantitative estimate of drug-likeness (QED) is 0.270. The van der Waals surface area contributed by atoms with Gasteiger partial charge in [0.05, 0.1) is 21.9 Å². The van der Waals surface area contributed by atoms with Crippen LogP contribution in [0.2, 0.25) is 0 Å². The molecule has 2 aromatic carbocycles. The van der Waals surface area contributed by atoms with E-state index < -0.39 is 34.5 Å². The lowest BCUT2D eigenvalue weighted by Crippen LogP contribution is -2.51. The molecule has 0 saturated carbocycles. The fraction of sp³-hybridized carbons (Fsp3) is 0.483. The summed E-state index contributed by atoms with van der Waals surface area (Å²) in [4.78, 5) is 14.9. The second-order valence-corrected chi connectivity index (χ2v) is 13.0. The molecule has 14 heteroatoms. The zero-order valence-corrected chi connectivity index (χ0v) is 23.6. The summed E-state index contributed by atoms with van der Waals surface area (Å²) in [5, 5.41) is 3.38. The molecule has 4 fully saturated rings. The molecule has 2 atom stereocenters. The van der Waals surface area contributed by atoms with Crippen LogP contribution >= 0.6 is 11.3 Å². The molecule has 2 unspecified atom stereocenters. The maximum Gasteiger partial charge on any atom is 0.417 e. The summed E-state index contributed by atoms with van der Waals surface area (Å²) in [6, 6.07) is 3.13. The van der Waals surface area contributed by atoms with E-state index in [2.05, 4.69) is 20.3 Å². The first-order valence-electron chi connectivity index (χ1n) is 14.3. The second-order valence-electron chi connectivity index (χ2n) is 12.0. The van der Waals surface area contributed by atoms with Crippen LogP contribution in [0.15, 0.2) is 18.2 Å². The van der Waals surface area contributed by atoms with Gasteiger partial charge in [0, 0.05) is 41.7 Å². The predicted molar refractivity (Wildman–Crippen MR) is 151 cm³/mol. The van der Waals surface area contributed by atoms with Gasteiger partial charge in [-0.1, -0.05) is 11.3 Å². The number of halogens is 5. The molecule has 4 aliphatic rings. The number of rotatable bonds is 5. The molecule has 6 heterocycles. The Morgan fingerprint density at radius 3 is 2.47 bits per heavy atom. The standard InChI is InChI=1S/C29H27F5N6O2S/c30-19-4-3-16(23-24(19)43-26(35)37-23)20-18(29(32,33)34)9-17-22(21(20)31)38-27(41-12-28-7-5-15(42-28)6-8-28)39-25(17)40-10-13-1-2-14(11-40)36-13/h3-4,9,13-15,36H,1-2,5-8,10-12H2,(H2,35,37). The molecule has 8 rings (SSSR count). The molecule has 3 N–H and O–H groups in total. The molecule has 0 amide bonds. The minimum absolute atomic E-state index is 0.0487. The van der Waals surface area contributed by atoms with Gasteiger partial charge in [-0.05, 0) is 56.7 Å². The van der Waals surface area contributed by atoms with Crippen LogP contribution in [0.3, 0.4) is 0 Å². The lowest BCUT2D eigenvalue weighted by molar-refractivity contribution is -0.137. The highest BCUT2D eigenvalue weighted by Gasteiger charge is 2.47. The maximum absolute atomic E-state index is 16.7. The number of nitrogens with zero attached hydrogens (tertiary/aromatic N) is 4. The SMILES string of the molecule is Nc1nc2c(-c3c(C(F)(F)F)cc4c(N5CC6CCC(C5)N6)nc(OCC56CCC(CC5)O6)nc4c3F)ccc(F)c2s1. The fourth-order valence-corrected chi connectivity index (χ4v) is 7.99. The number of hydrogen-bond acceptors (Lipinski definition) is 9. The van der Waals surface area contributed by atoms with Gasteiger partial charge in [0.1, 0.15) is 29.4 Å². The fourth-order valence-electron chi connectivity index (χ4n) is 7.23. The van der Waals surface area contributed by atoms with Gasteiger partial charge in [-0.25, -0.2) is 13.8 Å².